The Labute approximate surface area is 117 Å². The zero-order valence-corrected chi connectivity index (χ0v) is 11.6. The number of nitrogens with one attached hydrogen (secondary N) is 1. The molecule has 2 aromatic heterocycles. The van der Waals surface area contributed by atoms with E-state index in [0.717, 1.165) is 43.7 Å². The van der Waals surface area contributed by atoms with Crippen LogP contribution in [0.2, 0.25) is 5.15 Å². The van der Waals surface area contributed by atoms with Gasteiger partial charge in [0, 0.05) is 24.8 Å². The summed E-state index contributed by atoms with van der Waals surface area (Å²) in [5, 5.41) is 11.5. The average Bonchev–Trinajstić information content (AvgIpc) is 2.91. The second-order valence-corrected chi connectivity index (χ2v) is 4.55. The van der Waals surface area contributed by atoms with Crippen LogP contribution in [-0.2, 0) is 13.0 Å². The molecule has 0 saturated heterocycles. The molecular formula is C12H17ClN6. The van der Waals surface area contributed by atoms with Crippen LogP contribution in [0.4, 0.5) is 5.82 Å². The van der Waals surface area contributed by atoms with Gasteiger partial charge in [-0.3, -0.25) is 4.68 Å². The maximum absolute atomic E-state index is 6.09. The van der Waals surface area contributed by atoms with Gasteiger partial charge in [-0.05, 0) is 12.8 Å². The van der Waals surface area contributed by atoms with Crippen molar-refractivity contribution < 1.29 is 0 Å². The quantitative estimate of drug-likeness (QED) is 0.622. The van der Waals surface area contributed by atoms with E-state index in [1.165, 1.54) is 6.33 Å². The molecule has 2 rings (SSSR count). The number of rotatable bonds is 7. The van der Waals surface area contributed by atoms with Crippen molar-refractivity contribution >= 4 is 17.4 Å². The summed E-state index contributed by atoms with van der Waals surface area (Å²) in [5.74, 6) is 0.834. The monoisotopic (exact) mass is 280 g/mol. The molecule has 2 heterocycles. The summed E-state index contributed by atoms with van der Waals surface area (Å²) in [6, 6.07) is 0. The van der Waals surface area contributed by atoms with Crippen molar-refractivity contribution in [2.75, 3.05) is 11.9 Å². The molecule has 102 valence electrons. The summed E-state index contributed by atoms with van der Waals surface area (Å²) in [7, 11) is 0. The van der Waals surface area contributed by atoms with Gasteiger partial charge in [-0.25, -0.2) is 9.97 Å². The minimum absolute atomic E-state index is 0.538. The lowest BCUT2D eigenvalue weighted by molar-refractivity contribution is 0.569. The first kappa shape index (κ1) is 13.7. The largest absolute Gasteiger partial charge is 0.370 e. The van der Waals surface area contributed by atoms with Gasteiger partial charge in [0.15, 0.2) is 0 Å². The smallest absolute Gasteiger partial charge is 0.137 e. The van der Waals surface area contributed by atoms with E-state index in [4.69, 9.17) is 11.6 Å². The number of halogens is 1. The predicted molar refractivity (Wildman–Crippen MR) is 74.2 cm³/mol. The first-order chi connectivity index (χ1) is 9.31. The number of hydrogen-bond donors (Lipinski definition) is 1. The Kier molecular flexibility index (Phi) is 5.09. The van der Waals surface area contributed by atoms with Crippen molar-refractivity contribution in [3.05, 3.63) is 29.4 Å². The van der Waals surface area contributed by atoms with Gasteiger partial charge in [-0.2, -0.15) is 0 Å². The Bertz CT molecular complexity index is 499. The molecule has 2 aromatic rings. The first-order valence-electron chi connectivity index (χ1n) is 6.38. The molecule has 19 heavy (non-hydrogen) atoms. The number of hydrogen-bond acceptors (Lipinski definition) is 5. The van der Waals surface area contributed by atoms with E-state index in [2.05, 4.69) is 32.5 Å². The third-order valence-corrected chi connectivity index (χ3v) is 3.05. The lowest BCUT2D eigenvalue weighted by Crippen LogP contribution is -2.10. The zero-order chi connectivity index (χ0) is 13.5. The van der Waals surface area contributed by atoms with Crippen molar-refractivity contribution in [3.8, 4) is 0 Å². The van der Waals surface area contributed by atoms with Crippen LogP contribution < -0.4 is 5.32 Å². The Hall–Kier alpha value is -1.69. The Morgan fingerprint density at radius 3 is 3.00 bits per heavy atom. The minimum Gasteiger partial charge on any atom is -0.370 e. The van der Waals surface area contributed by atoms with Crippen molar-refractivity contribution in [1.29, 1.82) is 0 Å². The van der Waals surface area contributed by atoms with Gasteiger partial charge in [0.2, 0.25) is 0 Å². The fourth-order valence-corrected chi connectivity index (χ4v) is 2.04. The van der Waals surface area contributed by atoms with E-state index in [1.54, 1.807) is 6.20 Å². The molecule has 7 heteroatoms. The van der Waals surface area contributed by atoms with Crippen molar-refractivity contribution in [3.63, 3.8) is 0 Å². The number of aromatic nitrogens is 5. The highest BCUT2D eigenvalue weighted by atomic mass is 35.5. The Morgan fingerprint density at radius 1 is 1.37 bits per heavy atom. The molecule has 0 aliphatic rings. The maximum Gasteiger partial charge on any atom is 0.137 e. The average molecular weight is 281 g/mol. The zero-order valence-electron chi connectivity index (χ0n) is 10.9. The fraction of sp³-hybridized carbons (Fsp3) is 0.500. The molecule has 0 aliphatic heterocycles. The van der Waals surface area contributed by atoms with Crippen molar-refractivity contribution in [2.24, 2.45) is 0 Å². The van der Waals surface area contributed by atoms with E-state index in [1.807, 2.05) is 10.9 Å². The van der Waals surface area contributed by atoms with Gasteiger partial charge < -0.3 is 5.32 Å². The molecule has 6 nitrogen and oxygen atoms in total. The summed E-state index contributed by atoms with van der Waals surface area (Å²) < 4.78 is 1.81. The highest BCUT2D eigenvalue weighted by Crippen LogP contribution is 2.21. The molecule has 0 spiro atoms. The van der Waals surface area contributed by atoms with Gasteiger partial charge in [0.05, 0.1) is 6.20 Å². The molecule has 0 saturated carbocycles. The van der Waals surface area contributed by atoms with Gasteiger partial charge in [0.25, 0.3) is 0 Å². The maximum atomic E-state index is 6.09. The predicted octanol–water partition coefficient (Wildman–Crippen LogP) is 2.18. The first-order valence-corrected chi connectivity index (χ1v) is 6.76. The summed E-state index contributed by atoms with van der Waals surface area (Å²) in [6.07, 6.45) is 7.85. The van der Waals surface area contributed by atoms with E-state index in [9.17, 15) is 0 Å². The van der Waals surface area contributed by atoms with E-state index < -0.39 is 0 Å². The van der Waals surface area contributed by atoms with Gasteiger partial charge >= 0.3 is 0 Å². The van der Waals surface area contributed by atoms with Crippen LogP contribution in [0.5, 0.6) is 0 Å². The van der Waals surface area contributed by atoms with Crippen LogP contribution in [0.15, 0.2) is 18.7 Å². The van der Waals surface area contributed by atoms with Gasteiger partial charge in [0.1, 0.15) is 17.3 Å². The molecule has 0 radical (unpaired) electrons. The lowest BCUT2D eigenvalue weighted by atomic mass is 10.2. The van der Waals surface area contributed by atoms with Crippen LogP contribution in [-0.4, -0.2) is 31.5 Å². The molecule has 0 atom stereocenters. The number of aryl methyl sites for hydroxylation is 1. The number of anilines is 1. The summed E-state index contributed by atoms with van der Waals surface area (Å²) >= 11 is 6.09. The van der Waals surface area contributed by atoms with Crippen LogP contribution in [0, 0.1) is 0 Å². The van der Waals surface area contributed by atoms with Crippen molar-refractivity contribution in [1.82, 2.24) is 25.0 Å². The second kappa shape index (κ2) is 7.04. The third-order valence-electron chi connectivity index (χ3n) is 2.72. The topological polar surface area (TPSA) is 68.5 Å². The Morgan fingerprint density at radius 2 is 2.26 bits per heavy atom. The molecule has 0 unspecified atom stereocenters. The van der Waals surface area contributed by atoms with Gasteiger partial charge in [-0.15, -0.1) is 5.10 Å². The Balaban J connectivity index is 1.86. The third kappa shape index (κ3) is 3.89. The highest BCUT2D eigenvalue weighted by molar-refractivity contribution is 6.30. The second-order valence-electron chi connectivity index (χ2n) is 4.19. The standard InChI is InChI=1S/C12H17ClN6/c1-2-4-10-11(13)15-9-16-12(10)14-5-3-7-19-8-6-17-18-19/h6,8-9H,2-5,7H2,1H3,(H,14,15,16). The molecule has 0 fully saturated rings. The van der Waals surface area contributed by atoms with E-state index in [-0.39, 0.29) is 0 Å². The summed E-state index contributed by atoms with van der Waals surface area (Å²) in [5.41, 5.74) is 0.993. The molecule has 1 N–H and O–H groups in total. The molecule has 0 bridgehead atoms. The fourth-order valence-electron chi connectivity index (χ4n) is 1.81. The van der Waals surface area contributed by atoms with Crippen LogP contribution in [0.1, 0.15) is 25.3 Å². The molecule has 0 aliphatic carbocycles. The van der Waals surface area contributed by atoms with E-state index >= 15 is 0 Å². The van der Waals surface area contributed by atoms with Crippen LogP contribution >= 0.6 is 11.6 Å². The lowest BCUT2D eigenvalue weighted by Gasteiger charge is -2.11. The van der Waals surface area contributed by atoms with Crippen molar-refractivity contribution in [2.45, 2.75) is 32.7 Å². The van der Waals surface area contributed by atoms with Crippen LogP contribution in [0.25, 0.3) is 0 Å². The highest BCUT2D eigenvalue weighted by Gasteiger charge is 2.08. The molecular weight excluding hydrogens is 264 g/mol. The minimum atomic E-state index is 0.538. The summed E-state index contributed by atoms with van der Waals surface area (Å²) in [6.45, 7) is 3.75. The SMILES string of the molecule is CCCc1c(Cl)ncnc1NCCCn1ccnn1. The normalized spacial score (nSPS) is 10.6. The van der Waals surface area contributed by atoms with Gasteiger partial charge in [-0.1, -0.05) is 30.2 Å². The van der Waals surface area contributed by atoms with Crippen LogP contribution in [0.3, 0.4) is 0 Å². The number of nitrogens with zero attached hydrogens (tertiary/aromatic N) is 5. The molecule has 0 amide bonds. The van der Waals surface area contributed by atoms with E-state index in [0.29, 0.717) is 5.15 Å². The summed E-state index contributed by atoms with van der Waals surface area (Å²) in [4.78, 5) is 8.27. The molecule has 0 aromatic carbocycles.